The van der Waals surface area contributed by atoms with E-state index in [1.165, 1.54) is 10.4 Å². The Morgan fingerprint density at radius 1 is 0.889 bits per heavy atom. The molecule has 3 aliphatic rings. The standard InChI is InChI=1S/C23H20N2O2/c1-2-24-18-6-4-3-5-16(18)17-12-15(9-10-19(17)24)25-22(26)20-13-7-8-14(11-13)21(20)23(25)27/h3-10,12-14,20-21H,2,11H2,1H3/t13-,14+,20-,21+. The summed E-state index contributed by atoms with van der Waals surface area (Å²) in [6, 6.07) is 14.3. The fraction of sp³-hybridized carbons (Fsp3) is 0.304. The summed E-state index contributed by atoms with van der Waals surface area (Å²) in [4.78, 5) is 27.7. The lowest BCUT2D eigenvalue weighted by molar-refractivity contribution is -0.123. The first-order valence-electron chi connectivity index (χ1n) is 9.76. The molecule has 6 rings (SSSR count). The lowest BCUT2D eigenvalue weighted by atomic mass is 9.85. The summed E-state index contributed by atoms with van der Waals surface area (Å²) < 4.78 is 2.28. The number of hydrogen-bond donors (Lipinski definition) is 0. The maximum atomic E-state index is 13.1. The molecule has 4 nitrogen and oxygen atoms in total. The Balaban J connectivity index is 1.52. The van der Waals surface area contributed by atoms with Gasteiger partial charge in [0.25, 0.3) is 0 Å². The van der Waals surface area contributed by atoms with Crippen molar-refractivity contribution in [3.8, 4) is 0 Å². The molecule has 4 heteroatoms. The molecular formula is C23H20N2O2. The minimum atomic E-state index is -0.153. The fourth-order valence-electron chi connectivity index (χ4n) is 5.68. The molecule has 1 aromatic heterocycles. The summed E-state index contributed by atoms with van der Waals surface area (Å²) in [6.07, 6.45) is 5.24. The Kier molecular flexibility index (Phi) is 2.87. The zero-order valence-electron chi connectivity index (χ0n) is 15.1. The minimum Gasteiger partial charge on any atom is -0.341 e. The molecule has 0 N–H and O–H groups in total. The smallest absolute Gasteiger partial charge is 0.238 e. The van der Waals surface area contributed by atoms with Crippen LogP contribution in [-0.4, -0.2) is 16.4 Å². The monoisotopic (exact) mass is 356 g/mol. The SMILES string of the molecule is CCn1c2ccccc2c2cc(N3C(=O)[C@@H]4[C@H](C3=O)[C@@H]3C=C[C@H]4C3)ccc21. The van der Waals surface area contributed by atoms with Crippen LogP contribution in [-0.2, 0) is 16.1 Å². The molecule has 3 aromatic rings. The van der Waals surface area contributed by atoms with Gasteiger partial charge in [-0.3, -0.25) is 9.59 Å². The Bertz CT molecular complexity index is 1140. The third-order valence-electron chi connectivity index (χ3n) is 6.80. The quantitative estimate of drug-likeness (QED) is 0.512. The molecule has 2 bridgehead atoms. The number of carbonyl (C=O) groups is 2. The van der Waals surface area contributed by atoms with Crippen molar-refractivity contribution in [3.63, 3.8) is 0 Å². The zero-order chi connectivity index (χ0) is 18.3. The van der Waals surface area contributed by atoms with Crippen LogP contribution in [0.5, 0.6) is 0 Å². The number of hydrogen-bond acceptors (Lipinski definition) is 2. The van der Waals surface area contributed by atoms with Crippen molar-refractivity contribution in [1.29, 1.82) is 0 Å². The largest absolute Gasteiger partial charge is 0.341 e. The lowest BCUT2D eigenvalue weighted by Crippen LogP contribution is -2.32. The molecule has 2 aromatic carbocycles. The fourth-order valence-corrected chi connectivity index (χ4v) is 5.68. The van der Waals surface area contributed by atoms with E-state index in [0.29, 0.717) is 5.69 Å². The van der Waals surface area contributed by atoms with Gasteiger partial charge in [-0.2, -0.15) is 0 Å². The van der Waals surface area contributed by atoms with E-state index in [2.05, 4.69) is 41.8 Å². The highest BCUT2D eigenvalue weighted by Gasteiger charge is 2.59. The van der Waals surface area contributed by atoms with Gasteiger partial charge >= 0.3 is 0 Å². The predicted molar refractivity (Wildman–Crippen MR) is 105 cm³/mol. The van der Waals surface area contributed by atoms with Crippen LogP contribution in [0.4, 0.5) is 5.69 Å². The van der Waals surface area contributed by atoms with E-state index in [1.54, 1.807) is 0 Å². The Morgan fingerprint density at radius 3 is 2.26 bits per heavy atom. The lowest BCUT2D eigenvalue weighted by Gasteiger charge is -2.17. The van der Waals surface area contributed by atoms with E-state index >= 15 is 0 Å². The van der Waals surface area contributed by atoms with E-state index in [0.717, 1.165) is 29.3 Å². The van der Waals surface area contributed by atoms with Crippen molar-refractivity contribution in [2.45, 2.75) is 19.9 Å². The molecule has 0 spiro atoms. The summed E-state index contributed by atoms with van der Waals surface area (Å²) in [6.45, 7) is 3.02. The van der Waals surface area contributed by atoms with Gasteiger partial charge in [0.15, 0.2) is 0 Å². The van der Waals surface area contributed by atoms with Gasteiger partial charge in [-0.25, -0.2) is 4.90 Å². The molecule has 2 amide bonds. The van der Waals surface area contributed by atoms with Gasteiger partial charge in [0.1, 0.15) is 0 Å². The van der Waals surface area contributed by atoms with Crippen LogP contribution in [0.15, 0.2) is 54.6 Å². The van der Waals surface area contributed by atoms with Gasteiger partial charge in [0.05, 0.1) is 17.5 Å². The van der Waals surface area contributed by atoms with E-state index in [-0.39, 0.29) is 35.5 Å². The number of carbonyl (C=O) groups excluding carboxylic acids is 2. The van der Waals surface area contributed by atoms with Gasteiger partial charge in [0.2, 0.25) is 11.8 Å². The average molecular weight is 356 g/mol. The van der Waals surface area contributed by atoms with Crippen LogP contribution < -0.4 is 4.90 Å². The van der Waals surface area contributed by atoms with Crippen molar-refractivity contribution in [2.24, 2.45) is 23.7 Å². The number of benzene rings is 2. The average Bonchev–Trinajstić information content (AvgIpc) is 3.43. The summed E-state index contributed by atoms with van der Waals surface area (Å²) in [5.41, 5.74) is 3.04. The van der Waals surface area contributed by atoms with Crippen molar-refractivity contribution in [2.75, 3.05) is 4.90 Å². The highest BCUT2D eigenvalue weighted by Crippen LogP contribution is 2.53. The number of aryl methyl sites for hydroxylation is 1. The highest BCUT2D eigenvalue weighted by molar-refractivity contribution is 6.23. The Labute approximate surface area is 157 Å². The van der Waals surface area contributed by atoms with Gasteiger partial charge in [-0.1, -0.05) is 30.4 Å². The summed E-state index contributed by atoms with van der Waals surface area (Å²) in [5, 5.41) is 2.26. The van der Waals surface area contributed by atoms with Crippen LogP contribution >= 0.6 is 0 Å². The molecule has 0 unspecified atom stereocenters. The number of fused-ring (bicyclic) bond motifs is 8. The molecular weight excluding hydrogens is 336 g/mol. The minimum absolute atomic E-state index is 0.0135. The van der Waals surface area contributed by atoms with Gasteiger partial charge in [0, 0.05) is 28.4 Å². The first-order chi connectivity index (χ1) is 13.2. The molecule has 27 heavy (non-hydrogen) atoms. The Morgan fingerprint density at radius 2 is 1.56 bits per heavy atom. The molecule has 2 heterocycles. The molecule has 0 radical (unpaired) electrons. The summed E-state index contributed by atoms with van der Waals surface area (Å²) in [5.74, 6) is 0.153. The predicted octanol–water partition coefficient (Wildman–Crippen LogP) is 4.13. The topological polar surface area (TPSA) is 42.3 Å². The summed E-state index contributed by atoms with van der Waals surface area (Å²) >= 11 is 0. The van der Waals surface area contributed by atoms with Crippen molar-refractivity contribution < 1.29 is 9.59 Å². The second-order valence-corrected chi connectivity index (χ2v) is 7.97. The number of anilines is 1. The molecule has 1 aliphatic heterocycles. The van der Waals surface area contributed by atoms with Crippen LogP contribution in [0.25, 0.3) is 21.8 Å². The number of imide groups is 1. The highest BCUT2D eigenvalue weighted by atomic mass is 16.2. The number of para-hydroxylation sites is 1. The van der Waals surface area contributed by atoms with Crippen molar-refractivity contribution in [3.05, 3.63) is 54.6 Å². The van der Waals surface area contributed by atoms with Crippen LogP contribution in [0.3, 0.4) is 0 Å². The van der Waals surface area contributed by atoms with Gasteiger partial charge in [-0.15, -0.1) is 0 Å². The normalized spacial score (nSPS) is 28.9. The first kappa shape index (κ1) is 15.2. The maximum Gasteiger partial charge on any atom is 0.238 e. The van der Waals surface area contributed by atoms with E-state index in [1.807, 2.05) is 24.3 Å². The second-order valence-electron chi connectivity index (χ2n) is 7.97. The summed E-state index contributed by atoms with van der Waals surface area (Å²) in [7, 11) is 0. The number of amides is 2. The Hall–Kier alpha value is -2.88. The number of nitrogens with zero attached hydrogens (tertiary/aromatic N) is 2. The van der Waals surface area contributed by atoms with Gasteiger partial charge in [-0.05, 0) is 49.4 Å². The van der Waals surface area contributed by atoms with Crippen molar-refractivity contribution >= 4 is 39.3 Å². The number of aromatic nitrogens is 1. The number of allylic oxidation sites excluding steroid dienone is 2. The third-order valence-corrected chi connectivity index (χ3v) is 6.80. The van der Waals surface area contributed by atoms with Crippen LogP contribution in [0.2, 0.25) is 0 Å². The zero-order valence-corrected chi connectivity index (χ0v) is 15.1. The van der Waals surface area contributed by atoms with E-state index in [4.69, 9.17) is 0 Å². The van der Waals surface area contributed by atoms with E-state index in [9.17, 15) is 9.59 Å². The van der Waals surface area contributed by atoms with E-state index < -0.39 is 0 Å². The number of rotatable bonds is 2. The van der Waals surface area contributed by atoms with Gasteiger partial charge < -0.3 is 4.57 Å². The molecule has 134 valence electrons. The van der Waals surface area contributed by atoms with Crippen LogP contribution in [0, 0.1) is 23.7 Å². The molecule has 4 atom stereocenters. The van der Waals surface area contributed by atoms with Crippen LogP contribution in [0.1, 0.15) is 13.3 Å². The third kappa shape index (κ3) is 1.78. The second kappa shape index (κ2) is 5.10. The molecule has 2 fully saturated rings. The van der Waals surface area contributed by atoms with Crippen molar-refractivity contribution in [1.82, 2.24) is 4.57 Å². The molecule has 2 aliphatic carbocycles. The molecule has 1 saturated carbocycles. The first-order valence-corrected chi connectivity index (χ1v) is 9.76. The molecule has 1 saturated heterocycles. The maximum absolute atomic E-state index is 13.1.